The molecular weight excluding hydrogens is 330 g/mol. The molecule has 2 aliphatic heterocycles. The third-order valence-corrected chi connectivity index (χ3v) is 6.25. The lowest BCUT2D eigenvalue weighted by Gasteiger charge is -2.38. The predicted octanol–water partition coefficient (Wildman–Crippen LogP) is 1.91. The Labute approximate surface area is 154 Å². The van der Waals surface area contributed by atoms with Crippen LogP contribution in [-0.2, 0) is 20.9 Å². The standard InChI is InChI=1S/C20H27N3O3/c1-15-5-4-8-21-17(15)14-22-9-11-23(12-10-22)19(25)16-13-18(24)26-20(16)6-2-3-7-20/h4-5,8,16H,2-3,6-7,9-14H2,1H3. The van der Waals surface area contributed by atoms with Crippen molar-refractivity contribution in [3.63, 3.8) is 0 Å². The van der Waals surface area contributed by atoms with E-state index < -0.39 is 5.60 Å². The fourth-order valence-corrected chi connectivity index (χ4v) is 4.67. The van der Waals surface area contributed by atoms with Crippen molar-refractivity contribution in [3.8, 4) is 0 Å². The van der Waals surface area contributed by atoms with E-state index in [0.29, 0.717) is 13.1 Å². The molecule has 1 amide bonds. The van der Waals surface area contributed by atoms with E-state index in [1.165, 1.54) is 5.56 Å². The zero-order valence-electron chi connectivity index (χ0n) is 15.4. The number of nitrogens with zero attached hydrogens (tertiary/aromatic N) is 3. The van der Waals surface area contributed by atoms with E-state index in [9.17, 15) is 9.59 Å². The summed E-state index contributed by atoms with van der Waals surface area (Å²) in [6.07, 6.45) is 5.87. The van der Waals surface area contributed by atoms with Gasteiger partial charge in [-0.3, -0.25) is 19.5 Å². The molecular formula is C20H27N3O3. The average Bonchev–Trinajstić information content (AvgIpc) is 3.24. The van der Waals surface area contributed by atoms with E-state index in [1.54, 1.807) is 0 Å². The smallest absolute Gasteiger partial charge is 0.307 e. The summed E-state index contributed by atoms with van der Waals surface area (Å²) >= 11 is 0. The summed E-state index contributed by atoms with van der Waals surface area (Å²) in [4.78, 5) is 33.7. The molecule has 1 atom stereocenters. The Kier molecular flexibility index (Phi) is 4.69. The van der Waals surface area contributed by atoms with Gasteiger partial charge >= 0.3 is 5.97 Å². The van der Waals surface area contributed by atoms with E-state index in [1.807, 2.05) is 17.2 Å². The van der Waals surface area contributed by atoms with Gasteiger partial charge < -0.3 is 9.64 Å². The van der Waals surface area contributed by atoms with E-state index in [4.69, 9.17) is 4.74 Å². The Hall–Kier alpha value is -1.95. The molecule has 1 aromatic rings. The van der Waals surface area contributed by atoms with Gasteiger partial charge in [0.25, 0.3) is 0 Å². The highest BCUT2D eigenvalue weighted by Crippen LogP contribution is 2.46. The minimum absolute atomic E-state index is 0.117. The van der Waals surface area contributed by atoms with Crippen LogP contribution in [0.25, 0.3) is 0 Å². The molecule has 4 rings (SSSR count). The molecule has 3 aliphatic rings. The first-order valence-electron chi connectivity index (χ1n) is 9.71. The van der Waals surface area contributed by atoms with Gasteiger partial charge in [-0.2, -0.15) is 0 Å². The largest absolute Gasteiger partial charge is 0.458 e. The second-order valence-electron chi connectivity index (χ2n) is 7.87. The van der Waals surface area contributed by atoms with E-state index in [2.05, 4.69) is 22.9 Å². The van der Waals surface area contributed by atoms with Crippen LogP contribution in [-0.4, -0.2) is 58.4 Å². The molecule has 6 heteroatoms. The van der Waals surface area contributed by atoms with Crippen LogP contribution >= 0.6 is 0 Å². The predicted molar refractivity (Wildman–Crippen MR) is 96.2 cm³/mol. The zero-order valence-corrected chi connectivity index (χ0v) is 15.4. The highest BCUT2D eigenvalue weighted by molar-refractivity contribution is 5.88. The summed E-state index contributed by atoms with van der Waals surface area (Å²) in [6.45, 7) is 6.02. The number of hydrogen-bond acceptors (Lipinski definition) is 5. The van der Waals surface area contributed by atoms with Crippen LogP contribution < -0.4 is 0 Å². The third kappa shape index (κ3) is 3.22. The Morgan fingerprint density at radius 2 is 2.00 bits per heavy atom. The molecule has 2 saturated heterocycles. The Balaban J connectivity index is 1.36. The first kappa shape index (κ1) is 17.5. The number of amides is 1. The van der Waals surface area contributed by atoms with Crippen LogP contribution in [0.4, 0.5) is 0 Å². The number of esters is 1. The number of pyridine rings is 1. The number of aryl methyl sites for hydroxylation is 1. The summed E-state index contributed by atoms with van der Waals surface area (Å²) < 4.78 is 5.64. The molecule has 140 valence electrons. The zero-order chi connectivity index (χ0) is 18.1. The molecule has 1 saturated carbocycles. The maximum atomic E-state index is 13.1. The molecule has 1 aromatic heterocycles. The van der Waals surface area contributed by atoms with Gasteiger partial charge in [0.05, 0.1) is 18.0 Å². The molecule has 3 fully saturated rings. The van der Waals surface area contributed by atoms with Crippen LogP contribution in [0.1, 0.15) is 43.4 Å². The third-order valence-electron chi connectivity index (χ3n) is 6.25. The Morgan fingerprint density at radius 1 is 1.27 bits per heavy atom. The fourth-order valence-electron chi connectivity index (χ4n) is 4.67. The summed E-state index contributed by atoms with van der Waals surface area (Å²) in [7, 11) is 0. The number of carbonyl (C=O) groups is 2. The second-order valence-corrected chi connectivity index (χ2v) is 7.87. The molecule has 0 radical (unpaired) electrons. The minimum atomic E-state index is -0.504. The van der Waals surface area contributed by atoms with E-state index in [-0.39, 0.29) is 24.2 Å². The van der Waals surface area contributed by atoms with Gasteiger partial charge in [0, 0.05) is 38.9 Å². The van der Waals surface area contributed by atoms with E-state index in [0.717, 1.165) is 51.0 Å². The van der Waals surface area contributed by atoms with Crippen molar-refractivity contribution in [3.05, 3.63) is 29.6 Å². The van der Waals surface area contributed by atoms with Gasteiger partial charge in [-0.1, -0.05) is 6.07 Å². The quantitative estimate of drug-likeness (QED) is 0.774. The van der Waals surface area contributed by atoms with Crippen LogP contribution in [0.2, 0.25) is 0 Å². The fraction of sp³-hybridized carbons (Fsp3) is 0.650. The number of hydrogen-bond donors (Lipinski definition) is 0. The molecule has 1 aliphatic carbocycles. The molecule has 0 bridgehead atoms. The van der Waals surface area contributed by atoms with Crippen molar-refractivity contribution in [2.24, 2.45) is 5.92 Å². The molecule has 1 spiro atoms. The van der Waals surface area contributed by atoms with Gasteiger partial charge in [0.1, 0.15) is 5.60 Å². The van der Waals surface area contributed by atoms with Gasteiger partial charge in [-0.25, -0.2) is 0 Å². The number of carbonyl (C=O) groups excluding carboxylic acids is 2. The second kappa shape index (κ2) is 6.99. The van der Waals surface area contributed by atoms with Crippen molar-refractivity contribution in [2.75, 3.05) is 26.2 Å². The first-order chi connectivity index (χ1) is 12.6. The van der Waals surface area contributed by atoms with Crippen molar-refractivity contribution < 1.29 is 14.3 Å². The highest BCUT2D eigenvalue weighted by atomic mass is 16.6. The van der Waals surface area contributed by atoms with Gasteiger partial charge in [-0.05, 0) is 44.2 Å². The molecule has 3 heterocycles. The van der Waals surface area contributed by atoms with Gasteiger partial charge in [0.2, 0.25) is 5.91 Å². The molecule has 26 heavy (non-hydrogen) atoms. The average molecular weight is 357 g/mol. The highest BCUT2D eigenvalue weighted by Gasteiger charge is 2.54. The summed E-state index contributed by atoms with van der Waals surface area (Å²) in [5.74, 6) is -0.358. The first-order valence-corrected chi connectivity index (χ1v) is 9.71. The van der Waals surface area contributed by atoms with Crippen molar-refractivity contribution in [1.29, 1.82) is 0 Å². The lowest BCUT2D eigenvalue weighted by atomic mass is 9.84. The van der Waals surface area contributed by atoms with Crippen molar-refractivity contribution in [2.45, 2.75) is 51.2 Å². The summed E-state index contributed by atoms with van der Waals surface area (Å²) in [6, 6.07) is 4.04. The van der Waals surface area contributed by atoms with E-state index >= 15 is 0 Å². The number of piperazine rings is 1. The topological polar surface area (TPSA) is 62.7 Å². The number of aromatic nitrogens is 1. The van der Waals surface area contributed by atoms with Crippen LogP contribution in [0, 0.1) is 12.8 Å². The monoisotopic (exact) mass is 357 g/mol. The molecule has 1 unspecified atom stereocenters. The Morgan fingerprint density at radius 3 is 2.69 bits per heavy atom. The molecule has 0 aromatic carbocycles. The lowest BCUT2D eigenvalue weighted by Crippen LogP contribution is -2.52. The SMILES string of the molecule is Cc1cccnc1CN1CCN(C(=O)C2CC(=O)OC23CCCC3)CC1. The van der Waals surface area contributed by atoms with Crippen molar-refractivity contribution >= 4 is 11.9 Å². The van der Waals surface area contributed by atoms with Crippen LogP contribution in [0.15, 0.2) is 18.3 Å². The van der Waals surface area contributed by atoms with Crippen LogP contribution in [0.3, 0.4) is 0 Å². The summed E-state index contributed by atoms with van der Waals surface area (Å²) in [5.41, 5.74) is 1.80. The lowest BCUT2D eigenvalue weighted by molar-refractivity contribution is -0.152. The van der Waals surface area contributed by atoms with Gasteiger partial charge in [-0.15, -0.1) is 0 Å². The Bertz CT molecular complexity index is 691. The molecule has 0 N–H and O–H groups in total. The molecule has 6 nitrogen and oxygen atoms in total. The summed E-state index contributed by atoms with van der Waals surface area (Å²) in [5, 5.41) is 0. The normalized spacial score (nSPS) is 25.7. The van der Waals surface area contributed by atoms with Crippen LogP contribution in [0.5, 0.6) is 0 Å². The number of rotatable bonds is 3. The maximum absolute atomic E-state index is 13.1. The maximum Gasteiger partial charge on any atom is 0.307 e. The van der Waals surface area contributed by atoms with Gasteiger partial charge in [0.15, 0.2) is 0 Å². The number of ether oxygens (including phenoxy) is 1. The minimum Gasteiger partial charge on any atom is -0.458 e. The van der Waals surface area contributed by atoms with Crippen molar-refractivity contribution in [1.82, 2.24) is 14.8 Å².